The van der Waals surface area contributed by atoms with Crippen molar-refractivity contribution >= 4 is 23.2 Å². The molecule has 0 atom stereocenters. The quantitative estimate of drug-likeness (QED) is 0.666. The van der Waals surface area contributed by atoms with Crippen LogP contribution in [0.3, 0.4) is 0 Å². The molecule has 0 N–H and O–H groups in total. The summed E-state index contributed by atoms with van der Waals surface area (Å²) in [6, 6.07) is 9.71. The highest BCUT2D eigenvalue weighted by atomic mass is 35.5. The molecule has 0 bridgehead atoms. The molecule has 0 aliphatic carbocycles. The molecular weight excluding hydrogens is 307 g/mol. The lowest BCUT2D eigenvalue weighted by molar-refractivity contribution is 0.770. The molecule has 3 aromatic rings. The first kappa shape index (κ1) is 14.0. The van der Waals surface area contributed by atoms with Crippen LogP contribution in [0.5, 0.6) is 0 Å². The second kappa shape index (κ2) is 5.47. The Morgan fingerprint density at radius 1 is 1.05 bits per heavy atom. The molecule has 4 nitrogen and oxygen atoms in total. The van der Waals surface area contributed by atoms with Crippen LogP contribution in [0.2, 0.25) is 10.3 Å². The molecule has 2 aromatic heterocycles. The van der Waals surface area contributed by atoms with E-state index >= 15 is 0 Å². The monoisotopic (exact) mass is 318 g/mol. The van der Waals surface area contributed by atoms with Gasteiger partial charge < -0.3 is 0 Å². The first-order valence-electron chi connectivity index (χ1n) is 6.34. The van der Waals surface area contributed by atoms with Crippen LogP contribution in [0.25, 0.3) is 22.6 Å². The summed E-state index contributed by atoms with van der Waals surface area (Å²) in [6.07, 6.45) is 1.68. The third-order valence-electron chi connectivity index (χ3n) is 3.18. The lowest BCUT2D eigenvalue weighted by Gasteiger charge is -2.09. The molecule has 0 spiro atoms. The van der Waals surface area contributed by atoms with Gasteiger partial charge in [0, 0.05) is 13.2 Å². The summed E-state index contributed by atoms with van der Waals surface area (Å²) in [5.74, 6) is 0.460. The zero-order valence-electron chi connectivity index (χ0n) is 11.5. The molecule has 21 heavy (non-hydrogen) atoms. The van der Waals surface area contributed by atoms with Gasteiger partial charge in [-0.3, -0.25) is 4.68 Å². The topological polar surface area (TPSA) is 43.6 Å². The van der Waals surface area contributed by atoms with E-state index in [1.165, 1.54) is 0 Å². The Labute approximate surface area is 132 Å². The van der Waals surface area contributed by atoms with Crippen molar-refractivity contribution in [3.8, 4) is 22.6 Å². The summed E-state index contributed by atoms with van der Waals surface area (Å²) in [7, 11) is 1.81. The Morgan fingerprint density at radius 3 is 2.33 bits per heavy atom. The molecular formula is C15H12Cl2N4. The average Bonchev–Trinajstić information content (AvgIpc) is 2.84. The van der Waals surface area contributed by atoms with Gasteiger partial charge in [0.05, 0.1) is 5.56 Å². The number of hydrogen-bond donors (Lipinski definition) is 0. The molecule has 2 heterocycles. The number of aryl methyl sites for hydroxylation is 2. The normalized spacial score (nSPS) is 10.9. The minimum absolute atomic E-state index is 0.330. The van der Waals surface area contributed by atoms with Crippen molar-refractivity contribution in [2.75, 3.05) is 0 Å². The van der Waals surface area contributed by atoms with Crippen molar-refractivity contribution in [2.24, 2.45) is 7.05 Å². The fraction of sp³-hybridized carbons (Fsp3) is 0.133. The van der Waals surface area contributed by atoms with E-state index in [4.69, 9.17) is 23.2 Å². The first-order chi connectivity index (χ1) is 10.1. The Balaban J connectivity index is 2.15. The van der Waals surface area contributed by atoms with E-state index in [0.717, 1.165) is 16.8 Å². The van der Waals surface area contributed by atoms with Crippen molar-refractivity contribution in [2.45, 2.75) is 6.92 Å². The summed E-state index contributed by atoms with van der Waals surface area (Å²) in [5, 5.41) is 4.76. The zero-order valence-corrected chi connectivity index (χ0v) is 13.0. The maximum absolute atomic E-state index is 6.33. The SMILES string of the molecule is Cc1cccc(-c2c(Cl)nc(-c3ccnn3C)nc2Cl)c1. The highest BCUT2D eigenvalue weighted by Crippen LogP contribution is 2.34. The van der Waals surface area contributed by atoms with E-state index in [1.54, 1.807) is 10.9 Å². The molecule has 0 saturated carbocycles. The van der Waals surface area contributed by atoms with E-state index in [0.29, 0.717) is 21.7 Å². The number of halogens is 2. The molecule has 0 aliphatic rings. The number of rotatable bonds is 2. The van der Waals surface area contributed by atoms with Crippen molar-refractivity contribution in [1.29, 1.82) is 0 Å². The Bertz CT molecular complexity index is 788. The molecule has 1 aromatic carbocycles. The maximum atomic E-state index is 6.33. The van der Waals surface area contributed by atoms with Gasteiger partial charge in [-0.25, -0.2) is 9.97 Å². The van der Waals surface area contributed by atoms with Crippen LogP contribution < -0.4 is 0 Å². The molecule has 0 saturated heterocycles. The molecule has 0 aliphatic heterocycles. The smallest absolute Gasteiger partial charge is 0.180 e. The largest absolute Gasteiger partial charge is 0.265 e. The van der Waals surface area contributed by atoms with Crippen LogP contribution in [-0.2, 0) is 7.05 Å². The van der Waals surface area contributed by atoms with E-state index < -0.39 is 0 Å². The number of aromatic nitrogens is 4. The summed E-state index contributed by atoms with van der Waals surface area (Å²) >= 11 is 12.7. The first-order valence-corrected chi connectivity index (χ1v) is 7.10. The van der Waals surface area contributed by atoms with Gasteiger partial charge in [-0.1, -0.05) is 53.0 Å². The van der Waals surface area contributed by atoms with Gasteiger partial charge in [-0.2, -0.15) is 5.10 Å². The van der Waals surface area contributed by atoms with E-state index in [-0.39, 0.29) is 0 Å². The van der Waals surface area contributed by atoms with E-state index in [9.17, 15) is 0 Å². The van der Waals surface area contributed by atoms with Gasteiger partial charge in [0.2, 0.25) is 0 Å². The van der Waals surface area contributed by atoms with Crippen LogP contribution in [0.15, 0.2) is 36.5 Å². The fourth-order valence-corrected chi connectivity index (χ4v) is 2.76. The molecule has 6 heteroatoms. The Kier molecular flexibility index (Phi) is 3.66. The van der Waals surface area contributed by atoms with E-state index in [2.05, 4.69) is 15.1 Å². The van der Waals surface area contributed by atoms with Crippen molar-refractivity contribution < 1.29 is 0 Å². The lowest BCUT2D eigenvalue weighted by Crippen LogP contribution is -2.00. The maximum Gasteiger partial charge on any atom is 0.180 e. The van der Waals surface area contributed by atoms with Gasteiger partial charge >= 0.3 is 0 Å². The number of benzene rings is 1. The summed E-state index contributed by atoms with van der Waals surface area (Å²) in [5.41, 5.74) is 3.43. The number of nitrogens with zero attached hydrogens (tertiary/aromatic N) is 4. The summed E-state index contributed by atoms with van der Waals surface area (Å²) in [6.45, 7) is 2.01. The van der Waals surface area contributed by atoms with Crippen LogP contribution >= 0.6 is 23.2 Å². The average molecular weight is 319 g/mol. The van der Waals surface area contributed by atoms with Gasteiger partial charge in [-0.15, -0.1) is 0 Å². The summed E-state index contributed by atoms with van der Waals surface area (Å²) < 4.78 is 1.67. The molecule has 0 amide bonds. The van der Waals surface area contributed by atoms with Crippen LogP contribution in [0.4, 0.5) is 0 Å². The minimum Gasteiger partial charge on any atom is -0.265 e. The van der Waals surface area contributed by atoms with Gasteiger partial charge in [-0.05, 0) is 18.6 Å². The lowest BCUT2D eigenvalue weighted by atomic mass is 10.1. The highest BCUT2D eigenvalue weighted by molar-refractivity contribution is 6.37. The van der Waals surface area contributed by atoms with Crippen LogP contribution in [0, 0.1) is 6.92 Å². The second-order valence-corrected chi connectivity index (χ2v) is 5.43. The van der Waals surface area contributed by atoms with Crippen LogP contribution in [0.1, 0.15) is 5.56 Å². The second-order valence-electron chi connectivity index (χ2n) is 4.71. The third-order valence-corrected chi connectivity index (χ3v) is 3.72. The predicted octanol–water partition coefficient (Wildman–Crippen LogP) is 4.16. The third kappa shape index (κ3) is 2.64. The van der Waals surface area contributed by atoms with Crippen LogP contribution in [-0.4, -0.2) is 19.7 Å². The molecule has 0 fully saturated rings. The molecule has 3 rings (SSSR count). The fourth-order valence-electron chi connectivity index (χ4n) is 2.15. The minimum atomic E-state index is 0.330. The number of hydrogen-bond acceptors (Lipinski definition) is 3. The zero-order chi connectivity index (χ0) is 15.0. The van der Waals surface area contributed by atoms with Gasteiger partial charge in [0.15, 0.2) is 5.82 Å². The predicted molar refractivity (Wildman–Crippen MR) is 84.4 cm³/mol. The Morgan fingerprint density at radius 2 is 1.76 bits per heavy atom. The summed E-state index contributed by atoms with van der Waals surface area (Å²) in [4.78, 5) is 8.70. The Hall–Kier alpha value is -1.91. The standard InChI is InChI=1S/C15H12Cl2N4/c1-9-4-3-5-10(8-9)12-13(16)19-15(20-14(12)17)11-6-7-18-21(11)2/h3-8H,1-2H3. The van der Waals surface area contributed by atoms with Crippen molar-refractivity contribution in [3.05, 3.63) is 52.4 Å². The van der Waals surface area contributed by atoms with Gasteiger partial charge in [0.25, 0.3) is 0 Å². The molecule has 106 valence electrons. The van der Waals surface area contributed by atoms with Crippen molar-refractivity contribution in [3.63, 3.8) is 0 Å². The van der Waals surface area contributed by atoms with E-state index in [1.807, 2.05) is 44.3 Å². The molecule has 0 unspecified atom stereocenters. The highest BCUT2D eigenvalue weighted by Gasteiger charge is 2.16. The van der Waals surface area contributed by atoms with Crippen molar-refractivity contribution in [1.82, 2.24) is 19.7 Å². The van der Waals surface area contributed by atoms with Gasteiger partial charge in [0.1, 0.15) is 16.0 Å². The molecule has 0 radical (unpaired) electrons.